The zero-order chi connectivity index (χ0) is 16.1. The smallest absolute Gasteiger partial charge is 0.125 e. The van der Waals surface area contributed by atoms with Crippen molar-refractivity contribution in [2.45, 2.75) is 38.2 Å². The summed E-state index contributed by atoms with van der Waals surface area (Å²) in [6.07, 6.45) is 6.11. The normalized spacial score (nSPS) is 37.8. The Labute approximate surface area is 145 Å². The van der Waals surface area contributed by atoms with Crippen LogP contribution in [0, 0.1) is 29.6 Å². The van der Waals surface area contributed by atoms with Gasteiger partial charge in [-0.3, -0.25) is 4.90 Å². The van der Waals surface area contributed by atoms with Crippen molar-refractivity contribution in [2.24, 2.45) is 29.6 Å². The molecule has 4 saturated carbocycles. The van der Waals surface area contributed by atoms with Gasteiger partial charge in [-0.25, -0.2) is 0 Å². The second-order valence-electron chi connectivity index (χ2n) is 8.49. The molecule has 4 atom stereocenters. The molecule has 5 aliphatic rings. The van der Waals surface area contributed by atoms with Crippen LogP contribution in [-0.4, -0.2) is 36.2 Å². The number of rotatable bonds is 7. The molecule has 24 heavy (non-hydrogen) atoms. The fourth-order valence-corrected chi connectivity index (χ4v) is 6.15. The summed E-state index contributed by atoms with van der Waals surface area (Å²) in [5, 5.41) is 10.9. The van der Waals surface area contributed by atoms with E-state index in [0.29, 0.717) is 0 Å². The van der Waals surface area contributed by atoms with Crippen LogP contribution in [0.1, 0.15) is 43.8 Å². The first-order valence-corrected chi connectivity index (χ1v) is 9.93. The third-order valence-electron chi connectivity index (χ3n) is 7.28. The van der Waals surface area contributed by atoms with Crippen molar-refractivity contribution in [3.63, 3.8) is 0 Å². The van der Waals surface area contributed by atoms with Crippen molar-refractivity contribution in [3.8, 4) is 5.75 Å². The van der Waals surface area contributed by atoms with Gasteiger partial charge < -0.3 is 9.84 Å². The summed E-state index contributed by atoms with van der Waals surface area (Å²) in [5.41, 5.74) is 1.00. The summed E-state index contributed by atoms with van der Waals surface area (Å²) in [5.74, 6) is 5.57. The van der Waals surface area contributed by atoms with Gasteiger partial charge in [0.05, 0.1) is 6.10 Å². The first-order chi connectivity index (χ1) is 11.8. The van der Waals surface area contributed by atoms with Crippen LogP contribution >= 0.6 is 0 Å². The molecule has 130 valence electrons. The zero-order valence-corrected chi connectivity index (χ0v) is 14.4. The van der Waals surface area contributed by atoms with Gasteiger partial charge in [0.1, 0.15) is 12.4 Å². The highest BCUT2D eigenvalue weighted by Gasteiger charge is 2.67. The molecule has 1 N–H and O–H groups in total. The summed E-state index contributed by atoms with van der Waals surface area (Å²) >= 11 is 0. The first-order valence-electron chi connectivity index (χ1n) is 9.93. The lowest BCUT2D eigenvalue weighted by atomic mass is 9.89. The molecule has 3 heteroatoms. The van der Waals surface area contributed by atoms with E-state index in [1.54, 1.807) is 0 Å². The van der Waals surface area contributed by atoms with Crippen molar-refractivity contribution in [2.75, 3.05) is 26.2 Å². The number of ether oxygens (including phenoxy) is 1. The predicted octanol–water partition coefficient (Wildman–Crippen LogP) is 3.49. The lowest BCUT2D eigenvalue weighted by Gasteiger charge is -2.22. The van der Waals surface area contributed by atoms with E-state index in [9.17, 15) is 5.11 Å². The topological polar surface area (TPSA) is 32.7 Å². The molecule has 6 rings (SSSR count). The maximum absolute atomic E-state index is 10.9. The molecule has 1 heterocycles. The van der Waals surface area contributed by atoms with E-state index in [0.717, 1.165) is 60.5 Å². The molecule has 4 aliphatic carbocycles. The van der Waals surface area contributed by atoms with Crippen LogP contribution in [0.4, 0.5) is 0 Å². The highest BCUT2D eigenvalue weighted by molar-refractivity contribution is 5.35. The SMILES string of the molecule is OC(CC1C2CC3C(C2)C13)c1ccccc1OCCN1CCCC1. The Balaban J connectivity index is 1.20. The lowest BCUT2D eigenvalue weighted by molar-refractivity contribution is 0.127. The minimum absolute atomic E-state index is 0.362. The number of likely N-dealkylation sites (tertiary alicyclic amines) is 1. The molecule has 4 unspecified atom stereocenters. The van der Waals surface area contributed by atoms with Gasteiger partial charge in [-0.15, -0.1) is 0 Å². The third kappa shape index (κ3) is 2.57. The number of nitrogens with zero attached hydrogens (tertiary/aromatic N) is 1. The van der Waals surface area contributed by atoms with Crippen molar-refractivity contribution in [3.05, 3.63) is 29.8 Å². The Morgan fingerprint density at radius 2 is 1.88 bits per heavy atom. The fraction of sp³-hybridized carbons (Fsp3) is 0.714. The van der Waals surface area contributed by atoms with Gasteiger partial charge in [-0.1, -0.05) is 18.2 Å². The average molecular weight is 327 g/mol. The molecule has 1 saturated heterocycles. The molecular weight excluding hydrogens is 298 g/mol. The van der Waals surface area contributed by atoms with E-state index in [1.165, 1.54) is 38.8 Å². The lowest BCUT2D eigenvalue weighted by Crippen LogP contribution is -2.25. The standard InChI is InChI=1S/C21H29NO2/c23-19(13-16-14-11-17-18(12-14)21(16)17)15-5-1-2-6-20(15)24-10-9-22-7-3-4-8-22/h1-2,5-6,14,16-19,21,23H,3-4,7-13H2. The van der Waals surface area contributed by atoms with Crippen LogP contribution in [0.2, 0.25) is 0 Å². The van der Waals surface area contributed by atoms with E-state index in [4.69, 9.17) is 4.74 Å². The molecule has 5 fully saturated rings. The fourth-order valence-electron chi connectivity index (χ4n) is 6.15. The van der Waals surface area contributed by atoms with E-state index >= 15 is 0 Å². The van der Waals surface area contributed by atoms with Gasteiger partial charge in [0, 0.05) is 12.1 Å². The van der Waals surface area contributed by atoms with E-state index in [2.05, 4.69) is 11.0 Å². The highest BCUT2D eigenvalue weighted by Crippen LogP contribution is 2.74. The summed E-state index contributed by atoms with van der Waals surface area (Å²) in [6.45, 7) is 4.14. The Bertz CT molecular complexity index is 583. The predicted molar refractivity (Wildman–Crippen MR) is 93.9 cm³/mol. The second-order valence-corrected chi connectivity index (χ2v) is 8.49. The first kappa shape index (κ1) is 15.2. The summed E-state index contributed by atoms with van der Waals surface area (Å²) in [7, 11) is 0. The maximum atomic E-state index is 10.9. The van der Waals surface area contributed by atoms with Crippen molar-refractivity contribution >= 4 is 0 Å². The molecular formula is C21H29NO2. The zero-order valence-electron chi connectivity index (χ0n) is 14.4. The van der Waals surface area contributed by atoms with Gasteiger partial charge in [0.15, 0.2) is 0 Å². The maximum Gasteiger partial charge on any atom is 0.125 e. The van der Waals surface area contributed by atoms with E-state index in [1.807, 2.05) is 18.2 Å². The van der Waals surface area contributed by atoms with Crippen molar-refractivity contribution in [1.82, 2.24) is 4.90 Å². The summed E-state index contributed by atoms with van der Waals surface area (Å²) in [4.78, 5) is 2.47. The van der Waals surface area contributed by atoms with Crippen molar-refractivity contribution < 1.29 is 9.84 Å². The summed E-state index contributed by atoms with van der Waals surface area (Å²) in [6, 6.07) is 8.13. The van der Waals surface area contributed by atoms with Crippen LogP contribution in [0.25, 0.3) is 0 Å². The quantitative estimate of drug-likeness (QED) is 0.832. The van der Waals surface area contributed by atoms with Gasteiger partial charge in [0.25, 0.3) is 0 Å². The van der Waals surface area contributed by atoms with E-state index in [-0.39, 0.29) is 6.10 Å². The number of para-hydroxylation sites is 1. The van der Waals surface area contributed by atoms with Crippen LogP contribution in [0.15, 0.2) is 24.3 Å². The van der Waals surface area contributed by atoms with Gasteiger partial charge >= 0.3 is 0 Å². The molecule has 1 aromatic rings. The Morgan fingerprint density at radius 3 is 2.58 bits per heavy atom. The van der Waals surface area contributed by atoms with Crippen LogP contribution < -0.4 is 4.74 Å². The second kappa shape index (κ2) is 6.03. The van der Waals surface area contributed by atoms with E-state index < -0.39 is 0 Å². The molecule has 0 radical (unpaired) electrons. The monoisotopic (exact) mass is 327 g/mol. The Kier molecular flexibility index (Phi) is 3.82. The van der Waals surface area contributed by atoms with Gasteiger partial charge in [-0.2, -0.15) is 0 Å². The largest absolute Gasteiger partial charge is 0.492 e. The number of hydrogen-bond acceptors (Lipinski definition) is 3. The Morgan fingerprint density at radius 1 is 1.12 bits per heavy atom. The van der Waals surface area contributed by atoms with Crippen LogP contribution in [0.5, 0.6) is 5.75 Å². The van der Waals surface area contributed by atoms with Gasteiger partial charge in [0.2, 0.25) is 0 Å². The molecule has 1 aliphatic heterocycles. The minimum atomic E-state index is -0.362. The van der Waals surface area contributed by atoms with Crippen LogP contribution in [0.3, 0.4) is 0 Å². The molecule has 0 spiro atoms. The molecule has 0 amide bonds. The molecule has 3 nitrogen and oxygen atoms in total. The molecule has 0 aromatic heterocycles. The number of aliphatic hydroxyl groups is 1. The summed E-state index contributed by atoms with van der Waals surface area (Å²) < 4.78 is 6.06. The molecule has 1 aromatic carbocycles. The van der Waals surface area contributed by atoms with Crippen molar-refractivity contribution in [1.29, 1.82) is 0 Å². The number of aliphatic hydroxyl groups excluding tert-OH is 1. The highest BCUT2D eigenvalue weighted by atomic mass is 16.5. The average Bonchev–Trinajstić information content (AvgIpc) is 3.13. The van der Waals surface area contributed by atoms with Gasteiger partial charge in [-0.05, 0) is 80.8 Å². The minimum Gasteiger partial charge on any atom is -0.492 e. The molecule has 4 bridgehead atoms. The Hall–Kier alpha value is -1.06. The third-order valence-corrected chi connectivity index (χ3v) is 7.28. The van der Waals surface area contributed by atoms with Crippen LogP contribution in [-0.2, 0) is 0 Å². The number of hydrogen-bond donors (Lipinski definition) is 1. The number of benzene rings is 1.